The van der Waals surface area contributed by atoms with E-state index in [4.69, 9.17) is 4.74 Å². The summed E-state index contributed by atoms with van der Waals surface area (Å²) in [6.07, 6.45) is 3.08. The van der Waals surface area contributed by atoms with E-state index in [1.165, 1.54) is 26.0 Å². The van der Waals surface area contributed by atoms with Gasteiger partial charge in [-0.1, -0.05) is 6.07 Å². The number of nitrogens with zero attached hydrogens (tertiary/aromatic N) is 1. The number of carbonyl (C=O) groups is 1. The summed E-state index contributed by atoms with van der Waals surface area (Å²) < 4.78 is 18.2. The third-order valence-electron chi connectivity index (χ3n) is 4.14. The highest BCUT2D eigenvalue weighted by atomic mass is 19.1. The molecule has 2 rings (SSSR count). The normalized spacial score (nSPS) is 15.4. The molecule has 0 aliphatic heterocycles. The number of halogens is 1. The van der Waals surface area contributed by atoms with Crippen molar-refractivity contribution in [3.63, 3.8) is 0 Å². The molecule has 1 N–H and O–H groups in total. The van der Waals surface area contributed by atoms with Crippen LogP contribution in [-0.4, -0.2) is 37.7 Å². The lowest BCUT2D eigenvalue weighted by Crippen LogP contribution is -2.43. The zero-order valence-electron chi connectivity index (χ0n) is 12.9. The Hall–Kier alpha value is -1.78. The number of hydrogen-bond donors (Lipinski definition) is 1. The minimum Gasteiger partial charge on any atom is -0.494 e. The lowest BCUT2D eigenvalue weighted by molar-refractivity contribution is 0.188. The van der Waals surface area contributed by atoms with Gasteiger partial charge in [0, 0.05) is 19.6 Å². The average molecular weight is 294 g/mol. The van der Waals surface area contributed by atoms with Gasteiger partial charge in [0.2, 0.25) is 0 Å². The zero-order chi connectivity index (χ0) is 15.4. The van der Waals surface area contributed by atoms with Gasteiger partial charge >= 0.3 is 6.03 Å². The molecule has 0 radical (unpaired) electrons. The minimum absolute atomic E-state index is 0.0523. The Balaban J connectivity index is 1.79. The summed E-state index contributed by atoms with van der Waals surface area (Å²) in [6.45, 7) is 2.61. The van der Waals surface area contributed by atoms with Crippen LogP contribution in [0.4, 0.5) is 9.18 Å². The summed E-state index contributed by atoms with van der Waals surface area (Å²) in [5.41, 5.74) is 0.937. The number of nitrogens with one attached hydrogen (secondary N) is 1. The van der Waals surface area contributed by atoms with Crippen molar-refractivity contribution in [3.8, 4) is 5.75 Å². The van der Waals surface area contributed by atoms with E-state index in [1.807, 2.05) is 7.05 Å². The van der Waals surface area contributed by atoms with E-state index in [-0.39, 0.29) is 23.6 Å². The van der Waals surface area contributed by atoms with E-state index in [0.29, 0.717) is 18.9 Å². The highest BCUT2D eigenvalue weighted by Crippen LogP contribution is 2.34. The average Bonchev–Trinajstić information content (AvgIpc) is 3.32. The predicted octanol–water partition coefficient (Wildman–Crippen LogP) is 2.82. The number of ether oxygens (including phenoxy) is 1. The smallest absolute Gasteiger partial charge is 0.317 e. The molecule has 5 heteroatoms. The first-order chi connectivity index (χ1) is 10.0. The molecule has 21 heavy (non-hydrogen) atoms. The maximum absolute atomic E-state index is 13.3. The Bertz CT molecular complexity index is 503. The number of urea groups is 1. The van der Waals surface area contributed by atoms with E-state index in [9.17, 15) is 9.18 Å². The zero-order valence-corrected chi connectivity index (χ0v) is 12.9. The van der Waals surface area contributed by atoms with Crippen molar-refractivity contribution in [2.45, 2.75) is 32.2 Å². The predicted molar refractivity (Wildman–Crippen MR) is 80.0 cm³/mol. The Kier molecular flexibility index (Phi) is 5.04. The molecule has 0 spiro atoms. The second kappa shape index (κ2) is 6.78. The van der Waals surface area contributed by atoms with E-state index < -0.39 is 0 Å². The van der Waals surface area contributed by atoms with E-state index >= 15 is 0 Å². The van der Waals surface area contributed by atoms with Gasteiger partial charge in [0.15, 0.2) is 11.6 Å². The maximum atomic E-state index is 13.3. The molecule has 1 aromatic rings. The van der Waals surface area contributed by atoms with Crippen molar-refractivity contribution >= 4 is 6.03 Å². The summed E-state index contributed by atoms with van der Waals surface area (Å²) in [5.74, 6) is 0.517. The van der Waals surface area contributed by atoms with E-state index in [1.54, 1.807) is 17.0 Å². The Morgan fingerprint density at radius 3 is 2.86 bits per heavy atom. The van der Waals surface area contributed by atoms with Crippen LogP contribution in [0.5, 0.6) is 5.75 Å². The van der Waals surface area contributed by atoms with Gasteiger partial charge in [-0.2, -0.15) is 0 Å². The van der Waals surface area contributed by atoms with Crippen LogP contribution in [0.1, 0.15) is 25.3 Å². The number of benzene rings is 1. The van der Waals surface area contributed by atoms with Crippen LogP contribution in [0, 0.1) is 11.7 Å². The van der Waals surface area contributed by atoms with Gasteiger partial charge in [-0.05, 0) is 49.8 Å². The molecule has 1 aliphatic rings. The van der Waals surface area contributed by atoms with Crippen molar-refractivity contribution in [1.82, 2.24) is 10.2 Å². The van der Waals surface area contributed by atoms with Crippen molar-refractivity contribution in [3.05, 3.63) is 29.6 Å². The fourth-order valence-corrected chi connectivity index (χ4v) is 2.38. The molecule has 2 amide bonds. The molecule has 0 unspecified atom stereocenters. The fourth-order valence-electron chi connectivity index (χ4n) is 2.38. The van der Waals surface area contributed by atoms with Gasteiger partial charge in [0.25, 0.3) is 0 Å². The van der Waals surface area contributed by atoms with Crippen molar-refractivity contribution in [2.75, 3.05) is 20.7 Å². The highest BCUT2D eigenvalue weighted by Gasteiger charge is 2.32. The first-order valence-electron chi connectivity index (χ1n) is 7.36. The number of amides is 2. The van der Waals surface area contributed by atoms with Crippen molar-refractivity contribution in [2.24, 2.45) is 5.92 Å². The van der Waals surface area contributed by atoms with Gasteiger partial charge in [0.05, 0.1) is 7.11 Å². The van der Waals surface area contributed by atoms with Gasteiger partial charge in [-0.25, -0.2) is 9.18 Å². The molecule has 0 bridgehead atoms. The number of carbonyl (C=O) groups excluding carboxylic acids is 1. The summed E-state index contributed by atoms with van der Waals surface area (Å²) in [4.78, 5) is 13.8. The van der Waals surface area contributed by atoms with Gasteiger partial charge in [0.1, 0.15) is 0 Å². The van der Waals surface area contributed by atoms with Crippen LogP contribution in [0.25, 0.3) is 0 Å². The maximum Gasteiger partial charge on any atom is 0.317 e. The molecular weight excluding hydrogens is 271 g/mol. The third-order valence-corrected chi connectivity index (χ3v) is 4.14. The summed E-state index contributed by atoms with van der Waals surface area (Å²) in [6, 6.07) is 5.00. The Labute approximate surface area is 125 Å². The molecule has 116 valence electrons. The first kappa shape index (κ1) is 15.6. The van der Waals surface area contributed by atoms with Gasteiger partial charge in [-0.3, -0.25) is 0 Å². The van der Waals surface area contributed by atoms with Crippen LogP contribution < -0.4 is 10.1 Å². The number of rotatable bonds is 6. The summed E-state index contributed by atoms with van der Waals surface area (Å²) >= 11 is 0. The van der Waals surface area contributed by atoms with E-state index in [2.05, 4.69) is 12.2 Å². The third kappa shape index (κ3) is 4.09. The lowest BCUT2D eigenvalue weighted by Gasteiger charge is -2.25. The van der Waals surface area contributed by atoms with Gasteiger partial charge in [-0.15, -0.1) is 0 Å². The van der Waals surface area contributed by atoms with Crippen LogP contribution >= 0.6 is 0 Å². The standard InChI is InChI=1S/C16H23FN2O2/c1-11(13-5-6-13)19(2)16(20)18-9-8-12-4-7-14(17)15(10-12)21-3/h4,7,10-11,13H,5-6,8-9H2,1-3H3,(H,18,20)/t11-/m0/s1. The minimum atomic E-state index is -0.372. The van der Waals surface area contributed by atoms with Crippen LogP contribution in [0.15, 0.2) is 18.2 Å². The summed E-state index contributed by atoms with van der Waals surface area (Å²) in [5, 5.41) is 2.90. The van der Waals surface area contributed by atoms with Crippen LogP contribution in [0.3, 0.4) is 0 Å². The van der Waals surface area contributed by atoms with Crippen LogP contribution in [0.2, 0.25) is 0 Å². The van der Waals surface area contributed by atoms with Crippen LogP contribution in [-0.2, 0) is 6.42 Å². The molecule has 1 atom stereocenters. The van der Waals surface area contributed by atoms with Gasteiger partial charge < -0.3 is 15.0 Å². The largest absolute Gasteiger partial charge is 0.494 e. The lowest BCUT2D eigenvalue weighted by atomic mass is 10.1. The monoisotopic (exact) mass is 294 g/mol. The fraction of sp³-hybridized carbons (Fsp3) is 0.562. The molecule has 1 aromatic carbocycles. The SMILES string of the molecule is COc1cc(CCNC(=O)N(C)[C@@H](C)C2CC2)ccc1F. The molecule has 0 aromatic heterocycles. The molecule has 1 aliphatic carbocycles. The Morgan fingerprint density at radius 2 is 2.24 bits per heavy atom. The highest BCUT2D eigenvalue weighted by molar-refractivity contribution is 5.74. The van der Waals surface area contributed by atoms with E-state index in [0.717, 1.165) is 5.56 Å². The molecule has 0 saturated heterocycles. The molecule has 1 saturated carbocycles. The second-order valence-electron chi connectivity index (χ2n) is 5.64. The molecular formula is C16H23FN2O2. The Morgan fingerprint density at radius 1 is 1.52 bits per heavy atom. The molecule has 1 fully saturated rings. The topological polar surface area (TPSA) is 41.6 Å². The first-order valence-corrected chi connectivity index (χ1v) is 7.36. The molecule has 0 heterocycles. The number of hydrogen-bond acceptors (Lipinski definition) is 2. The summed E-state index contributed by atoms with van der Waals surface area (Å²) in [7, 11) is 3.28. The van der Waals surface area contributed by atoms with Crippen molar-refractivity contribution in [1.29, 1.82) is 0 Å². The second-order valence-corrected chi connectivity index (χ2v) is 5.64. The molecule has 4 nitrogen and oxygen atoms in total. The number of methoxy groups -OCH3 is 1. The van der Waals surface area contributed by atoms with Crippen molar-refractivity contribution < 1.29 is 13.9 Å². The quantitative estimate of drug-likeness (QED) is 0.876.